The van der Waals surface area contributed by atoms with Gasteiger partial charge < -0.3 is 41.1 Å². The second kappa shape index (κ2) is 25.1. The summed E-state index contributed by atoms with van der Waals surface area (Å²) in [6.45, 7) is 6.44. The number of unbranched alkanes of at least 4 members (excludes halogenated alkanes) is 1. The zero-order chi connectivity index (χ0) is 53.3. The monoisotopic (exact) mass is 1040 g/mol. The summed E-state index contributed by atoms with van der Waals surface area (Å²) in [4.78, 5) is 86.0. The van der Waals surface area contributed by atoms with Crippen LogP contribution in [0.15, 0.2) is 60.9 Å². The van der Waals surface area contributed by atoms with Crippen molar-refractivity contribution in [3.8, 4) is 0 Å². The SMILES string of the molecule is CCC(=O)N[C@H]1CC[C@H](n2cc(COCc3cn([C@H]4CC[C@H](NC(=O)[C@H](C)NC)C(=O)N5[C@H](CC[C@H]5C(=O)NCCCCc5ccccc5C)C4)nn3)nn2)C[C@H]2CC[C@@H](C(=O)N[C@@H]3CCCc4ccccc43)N2C1=O. The molecule has 1 aliphatic carbocycles. The van der Waals surface area contributed by atoms with Crippen molar-refractivity contribution in [1.29, 1.82) is 0 Å². The average Bonchev–Trinajstić information content (AvgIpc) is 4.29. The molecular formula is C56H77N13O7. The van der Waals surface area contributed by atoms with Crippen molar-refractivity contribution in [2.24, 2.45) is 0 Å². The number of benzene rings is 2. The van der Waals surface area contributed by atoms with E-state index in [-0.39, 0.29) is 85.3 Å². The number of aromatic nitrogens is 6. The Labute approximate surface area is 445 Å². The van der Waals surface area contributed by atoms with Crippen LogP contribution in [0.4, 0.5) is 0 Å². The molecular weight excluding hydrogens is 967 g/mol. The van der Waals surface area contributed by atoms with E-state index in [9.17, 15) is 28.8 Å². The van der Waals surface area contributed by atoms with Crippen molar-refractivity contribution in [3.05, 3.63) is 94.6 Å². The highest BCUT2D eigenvalue weighted by Gasteiger charge is 2.48. The number of fused-ring (bicyclic) bond motifs is 3. The Morgan fingerprint density at radius 1 is 0.684 bits per heavy atom. The Morgan fingerprint density at radius 3 is 1.91 bits per heavy atom. The number of hydrogen-bond acceptors (Lipinski definition) is 12. The lowest BCUT2D eigenvalue weighted by molar-refractivity contribution is -0.144. The Bertz CT molecular complexity index is 2690. The minimum atomic E-state index is -0.810. The summed E-state index contributed by atoms with van der Waals surface area (Å²) in [5.41, 5.74) is 6.17. The maximum atomic E-state index is 14.3. The number of hydrogen-bond donors (Lipinski definition) is 5. The van der Waals surface area contributed by atoms with Crippen molar-refractivity contribution in [2.75, 3.05) is 13.6 Å². The molecule has 0 bridgehead atoms. The maximum absolute atomic E-state index is 14.3. The summed E-state index contributed by atoms with van der Waals surface area (Å²) < 4.78 is 9.80. The molecule has 4 aliphatic heterocycles. The van der Waals surface area contributed by atoms with Crippen LogP contribution >= 0.6 is 0 Å². The molecule has 408 valence electrons. The number of likely N-dealkylation sites (N-methyl/N-ethyl adjacent to an activating group) is 1. The van der Waals surface area contributed by atoms with Gasteiger partial charge in [-0.1, -0.05) is 65.9 Å². The van der Waals surface area contributed by atoms with Crippen LogP contribution in [-0.4, -0.2) is 131 Å². The zero-order valence-corrected chi connectivity index (χ0v) is 44.6. The van der Waals surface area contributed by atoms with Gasteiger partial charge in [0.05, 0.1) is 49.8 Å². The summed E-state index contributed by atoms with van der Waals surface area (Å²) in [7, 11) is 1.70. The number of carbonyl (C=O) groups excluding carboxylic acids is 6. The molecule has 2 aromatic carbocycles. The van der Waals surface area contributed by atoms with E-state index in [1.54, 1.807) is 30.7 Å². The smallest absolute Gasteiger partial charge is 0.246 e. The van der Waals surface area contributed by atoms with Crippen molar-refractivity contribution >= 4 is 35.4 Å². The normalized spacial score (nSPS) is 26.0. The lowest BCUT2D eigenvalue weighted by Crippen LogP contribution is -2.58. The van der Waals surface area contributed by atoms with Crippen LogP contribution < -0.4 is 26.6 Å². The Balaban J connectivity index is 0.814. The second-order valence-electron chi connectivity index (χ2n) is 21.7. The molecule has 5 N–H and O–H groups in total. The van der Waals surface area contributed by atoms with Crippen LogP contribution in [0, 0.1) is 6.92 Å². The van der Waals surface area contributed by atoms with E-state index in [0.29, 0.717) is 82.1 Å². The van der Waals surface area contributed by atoms with Crippen LogP contribution in [0.3, 0.4) is 0 Å². The summed E-state index contributed by atoms with van der Waals surface area (Å²) in [5, 5.41) is 33.3. The molecule has 20 heteroatoms. The van der Waals surface area contributed by atoms with E-state index < -0.39 is 30.2 Å². The number of carbonyl (C=O) groups is 6. The molecule has 4 aromatic rings. The fourth-order valence-electron chi connectivity index (χ4n) is 12.3. The van der Waals surface area contributed by atoms with Gasteiger partial charge in [0.25, 0.3) is 0 Å². The molecule has 9 rings (SSSR count). The third-order valence-corrected chi connectivity index (χ3v) is 16.7. The topological polar surface area (TPSA) is 240 Å². The predicted octanol–water partition coefficient (Wildman–Crippen LogP) is 4.38. The van der Waals surface area contributed by atoms with Gasteiger partial charge in [-0.15, -0.1) is 10.2 Å². The van der Waals surface area contributed by atoms with Gasteiger partial charge in [-0.25, -0.2) is 9.36 Å². The van der Waals surface area contributed by atoms with E-state index in [1.807, 2.05) is 46.0 Å². The standard InChI is InChI=1S/C56H77N13O7/c1-5-51(70)59-47-24-20-41(30-44-23-27-50(69(44)55(47)74)54(73)60-46-19-12-17-38-16-8-9-18-45(38)46)66-31-39(62-64-66)33-76-34-40-32-67(65-63-40)42-21-25-48(61-52(71)36(3)57-4)56(75)68-43(29-42)22-26-49(68)53(72)58-28-11-10-15-37-14-7-6-13-35(37)2/h6-9,13-14,16,18,31-32,36,41-44,46-50,57H,5,10-12,15,17,19-30,33-34H2,1-4H3,(H,58,72)(H,59,70)(H,60,73)(H,61,71)/t36-,41-,42-,43+,44+,46+,47-,48-,49-,50-/m0/s1. The molecule has 2 aromatic heterocycles. The average molecular weight is 1040 g/mol. The first kappa shape index (κ1) is 54.3. The lowest BCUT2D eigenvalue weighted by atomic mass is 9.87. The molecule has 10 atom stereocenters. The van der Waals surface area contributed by atoms with Gasteiger partial charge >= 0.3 is 0 Å². The fraction of sp³-hybridized carbons (Fsp3) is 0.607. The van der Waals surface area contributed by atoms with Gasteiger partial charge in [0.15, 0.2) is 0 Å². The van der Waals surface area contributed by atoms with Gasteiger partial charge in [-0.3, -0.25) is 28.8 Å². The van der Waals surface area contributed by atoms with Crippen LogP contribution in [-0.2, 0) is 59.6 Å². The van der Waals surface area contributed by atoms with Gasteiger partial charge in [0.1, 0.15) is 35.6 Å². The first-order valence-electron chi connectivity index (χ1n) is 27.9. The van der Waals surface area contributed by atoms with Crippen molar-refractivity contribution in [1.82, 2.24) is 66.4 Å². The van der Waals surface area contributed by atoms with Crippen molar-refractivity contribution in [2.45, 2.75) is 204 Å². The number of aryl methyl sites for hydroxylation is 3. The van der Waals surface area contributed by atoms with Gasteiger partial charge in [0.2, 0.25) is 35.4 Å². The largest absolute Gasteiger partial charge is 0.369 e. The molecule has 20 nitrogen and oxygen atoms in total. The summed E-state index contributed by atoms with van der Waals surface area (Å²) in [6, 6.07) is 12.3. The fourth-order valence-corrected chi connectivity index (χ4v) is 12.3. The van der Waals surface area contributed by atoms with Crippen LogP contribution in [0.2, 0.25) is 0 Å². The molecule has 6 heterocycles. The number of nitrogens with one attached hydrogen (secondary N) is 5. The molecule has 0 unspecified atom stereocenters. The molecule has 0 saturated carbocycles. The minimum Gasteiger partial charge on any atom is -0.369 e. The maximum Gasteiger partial charge on any atom is 0.246 e. The van der Waals surface area contributed by atoms with Crippen LogP contribution in [0.25, 0.3) is 0 Å². The van der Waals surface area contributed by atoms with E-state index in [1.165, 1.54) is 16.7 Å². The summed E-state index contributed by atoms with van der Waals surface area (Å²) in [5.74, 6) is -1.26. The quantitative estimate of drug-likeness (QED) is 0.0823. The second-order valence-corrected chi connectivity index (χ2v) is 21.7. The summed E-state index contributed by atoms with van der Waals surface area (Å²) in [6.07, 6.45) is 14.9. The Kier molecular flexibility index (Phi) is 17.9. The summed E-state index contributed by atoms with van der Waals surface area (Å²) >= 11 is 0. The first-order valence-corrected chi connectivity index (χ1v) is 27.9. The van der Waals surface area contributed by atoms with E-state index in [2.05, 4.69) is 78.4 Å². The van der Waals surface area contributed by atoms with Crippen molar-refractivity contribution in [3.63, 3.8) is 0 Å². The van der Waals surface area contributed by atoms with Crippen molar-refractivity contribution < 1.29 is 33.5 Å². The zero-order valence-electron chi connectivity index (χ0n) is 44.6. The molecule has 0 spiro atoms. The molecule has 0 radical (unpaired) electrons. The third kappa shape index (κ3) is 12.7. The molecule has 6 amide bonds. The highest BCUT2D eigenvalue weighted by Crippen LogP contribution is 2.38. The highest BCUT2D eigenvalue weighted by molar-refractivity contribution is 5.94. The van der Waals surface area contributed by atoms with Gasteiger partial charge in [-0.05, 0) is 146 Å². The van der Waals surface area contributed by atoms with E-state index in [4.69, 9.17) is 4.74 Å². The molecule has 76 heavy (non-hydrogen) atoms. The minimum absolute atomic E-state index is 0.113. The third-order valence-electron chi connectivity index (χ3n) is 16.7. The number of nitrogens with zero attached hydrogens (tertiary/aromatic N) is 8. The van der Waals surface area contributed by atoms with Crippen LogP contribution in [0.5, 0.6) is 0 Å². The molecule has 4 saturated heterocycles. The van der Waals surface area contributed by atoms with Gasteiger partial charge in [-0.2, -0.15) is 0 Å². The number of rotatable bonds is 19. The van der Waals surface area contributed by atoms with Crippen LogP contribution in [0.1, 0.15) is 162 Å². The van der Waals surface area contributed by atoms with Gasteiger partial charge in [0, 0.05) is 25.0 Å². The number of amides is 6. The molecule has 4 fully saturated rings. The van der Waals surface area contributed by atoms with E-state index >= 15 is 0 Å². The Hall–Kier alpha value is -6.54. The van der Waals surface area contributed by atoms with E-state index in [0.717, 1.165) is 44.1 Å². The highest BCUT2D eigenvalue weighted by atomic mass is 16.5. The lowest BCUT2D eigenvalue weighted by Gasteiger charge is -2.38. The first-order chi connectivity index (χ1) is 36.9. The molecule has 5 aliphatic rings. The number of ether oxygens (including phenoxy) is 1. The Morgan fingerprint density at radius 2 is 1.28 bits per heavy atom. The predicted molar refractivity (Wildman–Crippen MR) is 282 cm³/mol.